The van der Waals surface area contributed by atoms with Crippen LogP contribution < -0.4 is 4.72 Å². The first-order valence-electron chi connectivity index (χ1n) is 6.06. The van der Waals surface area contributed by atoms with Crippen molar-refractivity contribution >= 4 is 32.8 Å². The van der Waals surface area contributed by atoms with E-state index in [-0.39, 0.29) is 4.90 Å². The maximum atomic E-state index is 12.6. The third-order valence-corrected chi connectivity index (χ3v) is 5.55. The highest BCUT2D eigenvalue weighted by Crippen LogP contribution is 2.26. The fraction of sp³-hybridized carbons (Fsp3) is 0.385. The summed E-state index contributed by atoms with van der Waals surface area (Å²) >= 11 is 0.989. The summed E-state index contributed by atoms with van der Waals surface area (Å²) in [6.45, 7) is 5.24. The fourth-order valence-electron chi connectivity index (χ4n) is 1.82. The van der Waals surface area contributed by atoms with Crippen LogP contribution in [-0.4, -0.2) is 22.7 Å². The Morgan fingerprint density at radius 2 is 2.15 bits per heavy atom. The van der Waals surface area contributed by atoms with Gasteiger partial charge in [-0.25, -0.2) is 8.42 Å². The molecule has 5 nitrogen and oxygen atoms in total. The molecule has 1 aromatic carbocycles. The lowest BCUT2D eigenvalue weighted by Crippen LogP contribution is -2.44. The summed E-state index contributed by atoms with van der Waals surface area (Å²) in [6, 6.07) is 3.48. The molecule has 0 amide bonds. The maximum absolute atomic E-state index is 12.6. The molecule has 2 rings (SSSR count). The highest BCUT2D eigenvalue weighted by molar-refractivity contribution is 7.89. The predicted octanol–water partition coefficient (Wildman–Crippen LogP) is 2.08. The van der Waals surface area contributed by atoms with Gasteiger partial charge in [-0.2, -0.15) is 13.5 Å². The molecule has 0 fully saturated rings. The molecule has 0 saturated heterocycles. The van der Waals surface area contributed by atoms with E-state index in [1.165, 1.54) is 0 Å². The van der Waals surface area contributed by atoms with E-state index in [4.69, 9.17) is 6.42 Å². The SMILES string of the molecule is C#C[C@@](C)(CC)NS(=O)(=O)c1c(C)ccc2nsnc12. The first-order valence-corrected chi connectivity index (χ1v) is 8.28. The number of hydrogen-bond acceptors (Lipinski definition) is 5. The Balaban J connectivity index is 2.61. The van der Waals surface area contributed by atoms with Gasteiger partial charge >= 0.3 is 0 Å². The summed E-state index contributed by atoms with van der Waals surface area (Å²) in [5, 5.41) is 0. The minimum absolute atomic E-state index is 0.152. The summed E-state index contributed by atoms with van der Waals surface area (Å²) < 4.78 is 36.0. The molecule has 1 heterocycles. The molecule has 1 N–H and O–H groups in total. The van der Waals surface area contributed by atoms with Gasteiger partial charge in [-0.05, 0) is 31.9 Å². The van der Waals surface area contributed by atoms with Crippen molar-refractivity contribution in [2.45, 2.75) is 37.6 Å². The average molecular weight is 309 g/mol. The third kappa shape index (κ3) is 2.54. The Bertz CT molecular complexity index is 790. The van der Waals surface area contributed by atoms with Gasteiger partial charge in [0, 0.05) is 0 Å². The number of fused-ring (bicyclic) bond motifs is 1. The van der Waals surface area contributed by atoms with Gasteiger partial charge in [0.25, 0.3) is 0 Å². The largest absolute Gasteiger partial charge is 0.244 e. The van der Waals surface area contributed by atoms with Crippen LogP contribution in [0.3, 0.4) is 0 Å². The quantitative estimate of drug-likeness (QED) is 0.878. The second-order valence-electron chi connectivity index (χ2n) is 4.78. The van der Waals surface area contributed by atoms with Crippen molar-refractivity contribution in [3.05, 3.63) is 17.7 Å². The lowest BCUT2D eigenvalue weighted by molar-refractivity contribution is 0.500. The zero-order chi connectivity index (χ0) is 15.0. The summed E-state index contributed by atoms with van der Waals surface area (Å²) in [5.41, 5.74) is 0.655. The van der Waals surface area contributed by atoms with Crippen LogP contribution >= 0.6 is 11.7 Å². The Morgan fingerprint density at radius 3 is 2.75 bits per heavy atom. The lowest BCUT2D eigenvalue weighted by Gasteiger charge is -2.23. The Morgan fingerprint density at radius 1 is 1.45 bits per heavy atom. The van der Waals surface area contributed by atoms with Gasteiger partial charge in [0.05, 0.1) is 17.3 Å². The van der Waals surface area contributed by atoms with Gasteiger partial charge in [-0.1, -0.05) is 18.9 Å². The molecular formula is C13H15N3O2S2. The number of nitrogens with one attached hydrogen (secondary N) is 1. The van der Waals surface area contributed by atoms with E-state index < -0.39 is 15.6 Å². The number of terminal acetylenes is 1. The molecule has 7 heteroatoms. The van der Waals surface area contributed by atoms with E-state index in [1.54, 1.807) is 26.0 Å². The molecule has 0 bridgehead atoms. The van der Waals surface area contributed by atoms with Crippen LogP contribution in [0.25, 0.3) is 11.0 Å². The standard InChI is InChI=1S/C13H15N3O2S2/c1-5-13(4,6-2)16-20(17,18)12-9(3)7-8-10-11(12)15-19-14-10/h1,7-8,16H,6H2,2-4H3/t13-/m0/s1. The molecule has 0 aliphatic rings. The number of hydrogen-bond donors (Lipinski definition) is 1. The molecule has 0 spiro atoms. The van der Waals surface area contributed by atoms with Gasteiger partial charge in [-0.3, -0.25) is 0 Å². The van der Waals surface area contributed by atoms with E-state index >= 15 is 0 Å². The van der Waals surface area contributed by atoms with Crippen LogP contribution in [0.1, 0.15) is 25.8 Å². The number of aryl methyl sites for hydroxylation is 1. The number of sulfonamides is 1. The smallest absolute Gasteiger partial charge is 0.207 e. The van der Waals surface area contributed by atoms with E-state index in [0.717, 1.165) is 11.7 Å². The van der Waals surface area contributed by atoms with Crippen molar-refractivity contribution < 1.29 is 8.42 Å². The summed E-state index contributed by atoms with van der Waals surface area (Å²) in [7, 11) is -3.76. The second-order valence-corrected chi connectivity index (χ2v) is 6.93. The molecule has 1 atom stereocenters. The van der Waals surface area contributed by atoms with E-state index in [9.17, 15) is 8.42 Å². The van der Waals surface area contributed by atoms with Crippen LogP contribution in [0, 0.1) is 19.3 Å². The molecule has 106 valence electrons. The highest BCUT2D eigenvalue weighted by Gasteiger charge is 2.30. The summed E-state index contributed by atoms with van der Waals surface area (Å²) in [5.74, 6) is 2.49. The van der Waals surface area contributed by atoms with Crippen LogP contribution in [0.2, 0.25) is 0 Å². The second kappa shape index (κ2) is 5.13. The highest BCUT2D eigenvalue weighted by atomic mass is 32.2. The molecule has 0 aliphatic heterocycles. The fourth-order valence-corrected chi connectivity index (χ4v) is 4.21. The lowest BCUT2D eigenvalue weighted by atomic mass is 10.0. The summed E-state index contributed by atoms with van der Waals surface area (Å²) in [4.78, 5) is 0.152. The van der Waals surface area contributed by atoms with Gasteiger partial charge in [-0.15, -0.1) is 6.42 Å². The van der Waals surface area contributed by atoms with Crippen LogP contribution in [0.4, 0.5) is 0 Å². The van der Waals surface area contributed by atoms with Gasteiger partial charge in [0.15, 0.2) is 0 Å². The zero-order valence-electron chi connectivity index (χ0n) is 11.5. The molecule has 2 aromatic rings. The normalized spacial score (nSPS) is 14.9. The Kier molecular flexibility index (Phi) is 3.82. The van der Waals surface area contributed by atoms with E-state index in [2.05, 4.69) is 19.4 Å². The Labute approximate surface area is 122 Å². The summed E-state index contributed by atoms with van der Waals surface area (Å²) in [6.07, 6.45) is 5.92. The number of benzene rings is 1. The molecule has 20 heavy (non-hydrogen) atoms. The third-order valence-electron chi connectivity index (χ3n) is 3.23. The number of nitrogens with zero attached hydrogens (tertiary/aromatic N) is 2. The molecule has 0 radical (unpaired) electrons. The number of rotatable bonds is 4. The minimum atomic E-state index is -3.76. The molecule has 1 aromatic heterocycles. The Hall–Kier alpha value is -1.49. The average Bonchev–Trinajstić information content (AvgIpc) is 2.85. The van der Waals surface area contributed by atoms with Gasteiger partial charge in [0.1, 0.15) is 15.9 Å². The molecule has 0 unspecified atom stereocenters. The first-order chi connectivity index (χ1) is 9.33. The predicted molar refractivity (Wildman–Crippen MR) is 80.0 cm³/mol. The van der Waals surface area contributed by atoms with Crippen LogP contribution in [0.15, 0.2) is 17.0 Å². The zero-order valence-corrected chi connectivity index (χ0v) is 13.1. The molecule has 0 aliphatic carbocycles. The maximum Gasteiger partial charge on any atom is 0.244 e. The van der Waals surface area contributed by atoms with Gasteiger partial charge in [0.2, 0.25) is 10.0 Å². The van der Waals surface area contributed by atoms with Crippen LogP contribution in [-0.2, 0) is 10.0 Å². The van der Waals surface area contributed by atoms with E-state index in [0.29, 0.717) is 23.0 Å². The van der Waals surface area contributed by atoms with Crippen LogP contribution in [0.5, 0.6) is 0 Å². The van der Waals surface area contributed by atoms with Crippen molar-refractivity contribution in [1.82, 2.24) is 13.5 Å². The van der Waals surface area contributed by atoms with E-state index in [1.807, 2.05) is 6.92 Å². The van der Waals surface area contributed by atoms with Crippen molar-refractivity contribution in [3.8, 4) is 12.3 Å². The van der Waals surface area contributed by atoms with Crippen molar-refractivity contribution in [1.29, 1.82) is 0 Å². The first kappa shape index (κ1) is 14.9. The van der Waals surface area contributed by atoms with Crippen molar-refractivity contribution in [3.63, 3.8) is 0 Å². The molecular weight excluding hydrogens is 294 g/mol. The van der Waals surface area contributed by atoms with Crippen molar-refractivity contribution in [2.24, 2.45) is 0 Å². The topological polar surface area (TPSA) is 72.0 Å². The minimum Gasteiger partial charge on any atom is -0.207 e. The monoisotopic (exact) mass is 309 g/mol. The molecule has 0 saturated carbocycles. The van der Waals surface area contributed by atoms with Gasteiger partial charge < -0.3 is 0 Å². The number of aromatic nitrogens is 2. The van der Waals surface area contributed by atoms with Crippen molar-refractivity contribution in [2.75, 3.05) is 0 Å².